The number of thiazole rings is 1. The minimum absolute atomic E-state index is 0. The molecule has 2 heterocycles. The molecule has 3 rings (SSSR count). The molecule has 5 nitrogen and oxygen atoms in total. The van der Waals surface area contributed by atoms with Gasteiger partial charge in [0.2, 0.25) is 5.91 Å². The van der Waals surface area contributed by atoms with Gasteiger partial charge in [0.1, 0.15) is 5.75 Å². The third-order valence-corrected chi connectivity index (χ3v) is 5.90. The van der Waals surface area contributed by atoms with Gasteiger partial charge in [-0.25, -0.2) is 4.98 Å². The average molecular weight is 446 g/mol. The maximum Gasteiger partial charge on any atom is 0.229 e. The van der Waals surface area contributed by atoms with E-state index in [9.17, 15) is 4.79 Å². The van der Waals surface area contributed by atoms with Crippen LogP contribution < -0.4 is 10.1 Å². The number of ether oxygens (including phenoxy) is 1. The molecule has 0 bridgehead atoms. The highest BCUT2D eigenvalue weighted by molar-refractivity contribution is 7.09. The zero-order chi connectivity index (χ0) is 18.7. The molecule has 0 radical (unpaired) electrons. The molecule has 1 amide bonds. The van der Waals surface area contributed by atoms with Gasteiger partial charge < -0.3 is 15.0 Å². The Kier molecular flexibility index (Phi) is 9.21. The number of piperazine rings is 1. The van der Waals surface area contributed by atoms with Crippen molar-refractivity contribution < 1.29 is 9.53 Å². The lowest BCUT2D eigenvalue weighted by atomic mass is 9.98. The third kappa shape index (κ3) is 5.60. The van der Waals surface area contributed by atoms with Crippen LogP contribution in [0.25, 0.3) is 0 Å². The number of carbonyl (C=O) groups is 1. The monoisotopic (exact) mass is 445 g/mol. The number of aromatic nitrogens is 1. The molecule has 1 aromatic carbocycles. The van der Waals surface area contributed by atoms with Crippen LogP contribution in [0, 0.1) is 0 Å². The normalized spacial score (nSPS) is 16.7. The Bertz CT molecular complexity index is 777. The predicted molar refractivity (Wildman–Crippen MR) is 119 cm³/mol. The summed E-state index contributed by atoms with van der Waals surface area (Å²) in [6, 6.07) is 7.91. The van der Waals surface area contributed by atoms with Crippen molar-refractivity contribution in [2.24, 2.45) is 0 Å². The second kappa shape index (κ2) is 10.4. The zero-order valence-corrected chi connectivity index (χ0v) is 19.2. The van der Waals surface area contributed by atoms with E-state index in [4.69, 9.17) is 4.74 Å². The summed E-state index contributed by atoms with van der Waals surface area (Å²) in [5.74, 6) is 0.941. The Morgan fingerprint density at radius 2 is 2.04 bits per heavy atom. The fraction of sp³-hybridized carbons (Fsp3) is 0.500. The summed E-state index contributed by atoms with van der Waals surface area (Å²) in [5, 5.41) is 6.48. The highest BCUT2D eigenvalue weighted by Gasteiger charge is 2.30. The van der Waals surface area contributed by atoms with E-state index in [1.54, 1.807) is 18.4 Å². The third-order valence-electron chi connectivity index (χ3n) is 4.59. The lowest BCUT2D eigenvalue weighted by Crippen LogP contribution is -2.49. The molecule has 1 N–H and O–H groups in total. The maximum atomic E-state index is 13.0. The maximum absolute atomic E-state index is 13.0. The molecule has 1 aliphatic heterocycles. The van der Waals surface area contributed by atoms with Crippen LogP contribution in [0.2, 0.25) is 0 Å². The van der Waals surface area contributed by atoms with Crippen molar-refractivity contribution >= 4 is 42.1 Å². The van der Waals surface area contributed by atoms with Crippen molar-refractivity contribution in [1.29, 1.82) is 0 Å². The molecule has 1 aliphatic rings. The molecule has 0 saturated carbocycles. The van der Waals surface area contributed by atoms with E-state index in [1.165, 1.54) is 0 Å². The van der Waals surface area contributed by atoms with Gasteiger partial charge in [0, 0.05) is 36.0 Å². The van der Waals surface area contributed by atoms with Gasteiger partial charge in [-0.05, 0) is 6.07 Å². The second-order valence-electron chi connectivity index (χ2n) is 7.62. The molecule has 1 aromatic heterocycles. The highest BCUT2D eigenvalue weighted by atomic mass is 35.5. The quantitative estimate of drug-likeness (QED) is 0.771. The molecular weight excluding hydrogens is 417 g/mol. The lowest BCUT2D eigenvalue weighted by Gasteiger charge is -2.37. The Morgan fingerprint density at radius 3 is 2.68 bits per heavy atom. The summed E-state index contributed by atoms with van der Waals surface area (Å²) in [6.07, 6.45) is 0.345. The number of benzene rings is 1. The van der Waals surface area contributed by atoms with Crippen LogP contribution in [-0.4, -0.2) is 42.5 Å². The van der Waals surface area contributed by atoms with Gasteiger partial charge in [-0.15, -0.1) is 36.2 Å². The fourth-order valence-electron chi connectivity index (χ4n) is 3.21. The summed E-state index contributed by atoms with van der Waals surface area (Å²) in [7, 11) is 1.67. The highest BCUT2D eigenvalue weighted by Crippen LogP contribution is 2.31. The van der Waals surface area contributed by atoms with Crippen LogP contribution in [-0.2, 0) is 16.6 Å². The van der Waals surface area contributed by atoms with Gasteiger partial charge >= 0.3 is 0 Å². The van der Waals surface area contributed by atoms with E-state index in [-0.39, 0.29) is 42.2 Å². The smallest absolute Gasteiger partial charge is 0.229 e. The number of nitrogens with zero attached hydrogens (tertiary/aromatic N) is 2. The van der Waals surface area contributed by atoms with Crippen LogP contribution in [0.3, 0.4) is 0 Å². The van der Waals surface area contributed by atoms with Gasteiger partial charge in [-0.3, -0.25) is 4.79 Å². The molecule has 2 aromatic rings. The number of halogens is 2. The summed E-state index contributed by atoms with van der Waals surface area (Å²) >= 11 is 1.63. The molecule has 1 unspecified atom stereocenters. The van der Waals surface area contributed by atoms with Gasteiger partial charge in [0.05, 0.1) is 30.3 Å². The van der Waals surface area contributed by atoms with E-state index < -0.39 is 0 Å². The van der Waals surface area contributed by atoms with Crippen LogP contribution in [0.1, 0.15) is 43.1 Å². The predicted octanol–water partition coefficient (Wildman–Crippen LogP) is 4.01. The summed E-state index contributed by atoms with van der Waals surface area (Å²) < 4.78 is 5.51. The fourth-order valence-corrected chi connectivity index (χ4v) is 4.12. The molecular formula is C20H29Cl2N3O2S. The van der Waals surface area contributed by atoms with Crippen molar-refractivity contribution in [3.8, 4) is 5.75 Å². The number of para-hydroxylation sites is 1. The Balaban J connectivity index is 0.00000196. The number of carbonyl (C=O) groups excluding carboxylic acids is 1. The Labute approximate surface area is 183 Å². The van der Waals surface area contributed by atoms with E-state index in [1.807, 2.05) is 34.5 Å². The van der Waals surface area contributed by atoms with Crippen molar-refractivity contribution in [3.63, 3.8) is 0 Å². The molecule has 8 heteroatoms. The van der Waals surface area contributed by atoms with E-state index in [0.29, 0.717) is 13.0 Å². The first-order valence-electron chi connectivity index (χ1n) is 8.98. The summed E-state index contributed by atoms with van der Waals surface area (Å²) in [6.45, 7) is 8.66. The first-order chi connectivity index (χ1) is 12.4. The van der Waals surface area contributed by atoms with Crippen LogP contribution in [0.4, 0.5) is 0 Å². The van der Waals surface area contributed by atoms with Crippen molar-refractivity contribution in [1.82, 2.24) is 15.2 Å². The number of amides is 1. The van der Waals surface area contributed by atoms with Crippen LogP contribution in [0.15, 0.2) is 29.6 Å². The zero-order valence-electron chi connectivity index (χ0n) is 16.7. The van der Waals surface area contributed by atoms with E-state index in [0.717, 1.165) is 35.1 Å². The number of rotatable bonds is 4. The largest absolute Gasteiger partial charge is 0.496 e. The van der Waals surface area contributed by atoms with Crippen molar-refractivity contribution in [2.45, 2.75) is 38.6 Å². The topological polar surface area (TPSA) is 54.5 Å². The number of methoxy groups -OCH3 is 1. The molecule has 1 atom stereocenters. The molecule has 0 spiro atoms. The number of nitrogens with one attached hydrogen (secondary N) is 1. The molecule has 156 valence electrons. The minimum atomic E-state index is -0.0203. The molecule has 0 aliphatic carbocycles. The average Bonchev–Trinajstić information content (AvgIpc) is 3.10. The summed E-state index contributed by atoms with van der Waals surface area (Å²) in [4.78, 5) is 19.7. The van der Waals surface area contributed by atoms with Gasteiger partial charge in [-0.1, -0.05) is 39.0 Å². The second-order valence-corrected chi connectivity index (χ2v) is 8.48. The van der Waals surface area contributed by atoms with Gasteiger partial charge in [-0.2, -0.15) is 0 Å². The van der Waals surface area contributed by atoms with Crippen molar-refractivity contribution in [3.05, 3.63) is 45.9 Å². The van der Waals surface area contributed by atoms with Crippen LogP contribution >= 0.6 is 36.2 Å². The van der Waals surface area contributed by atoms with Gasteiger partial charge in [0.15, 0.2) is 0 Å². The Morgan fingerprint density at radius 1 is 1.32 bits per heavy atom. The number of hydrogen-bond acceptors (Lipinski definition) is 5. The minimum Gasteiger partial charge on any atom is -0.496 e. The van der Waals surface area contributed by atoms with E-state index in [2.05, 4.69) is 31.1 Å². The first kappa shape index (κ1) is 24.7. The van der Waals surface area contributed by atoms with Crippen LogP contribution in [0.5, 0.6) is 5.75 Å². The Hall–Kier alpha value is -1.34. The van der Waals surface area contributed by atoms with E-state index >= 15 is 0 Å². The SMILES string of the molecule is COc1ccccc1C1CNCCN1C(=O)Cc1csc(C(C)(C)C)n1.Cl.Cl. The lowest BCUT2D eigenvalue weighted by molar-refractivity contribution is -0.133. The summed E-state index contributed by atoms with van der Waals surface area (Å²) in [5.41, 5.74) is 1.92. The first-order valence-corrected chi connectivity index (χ1v) is 9.86. The molecule has 28 heavy (non-hydrogen) atoms. The van der Waals surface area contributed by atoms with Gasteiger partial charge in [0.25, 0.3) is 0 Å². The van der Waals surface area contributed by atoms with Crippen molar-refractivity contribution in [2.75, 3.05) is 26.7 Å². The molecule has 1 fully saturated rings. The standard InChI is InChI=1S/C20H27N3O2S.2ClH/c1-20(2,3)19-22-14(13-26-19)11-18(24)23-10-9-21-12-16(23)15-7-5-6-8-17(15)25-4;;/h5-8,13,16,21H,9-12H2,1-4H3;2*1H. The molecule has 1 saturated heterocycles. The number of hydrogen-bond donors (Lipinski definition) is 1.